The molecule has 0 unspecified atom stereocenters. The molecule has 2 aromatic rings. The average molecular weight is 368 g/mol. The molecule has 2 fully saturated rings. The van der Waals surface area contributed by atoms with Crippen LogP contribution in [-0.4, -0.2) is 48.9 Å². The minimum absolute atomic E-state index is 0.0125. The van der Waals surface area contributed by atoms with Gasteiger partial charge in [0, 0.05) is 37.4 Å². The molecule has 1 amide bonds. The molecule has 27 heavy (non-hydrogen) atoms. The van der Waals surface area contributed by atoms with Crippen LogP contribution in [0.25, 0.3) is 0 Å². The lowest BCUT2D eigenvalue weighted by molar-refractivity contribution is 0.0652. The summed E-state index contributed by atoms with van der Waals surface area (Å²) in [5, 5.41) is 8.75. The van der Waals surface area contributed by atoms with Crippen LogP contribution in [0.15, 0.2) is 12.3 Å². The highest BCUT2D eigenvalue weighted by atomic mass is 16.2. The molecule has 0 N–H and O–H groups in total. The van der Waals surface area contributed by atoms with Crippen LogP contribution in [0.3, 0.4) is 0 Å². The first-order chi connectivity index (χ1) is 13.1. The Morgan fingerprint density at radius 2 is 1.96 bits per heavy atom. The third-order valence-corrected chi connectivity index (χ3v) is 5.77. The minimum atomic E-state index is 0.0125. The van der Waals surface area contributed by atoms with E-state index in [9.17, 15) is 4.79 Å². The molecule has 0 radical (unpaired) electrons. The van der Waals surface area contributed by atoms with Crippen molar-refractivity contribution in [3.63, 3.8) is 0 Å². The van der Waals surface area contributed by atoms with Crippen LogP contribution in [0, 0.1) is 19.8 Å². The highest BCUT2D eigenvalue weighted by Crippen LogP contribution is 2.32. The van der Waals surface area contributed by atoms with E-state index in [1.807, 2.05) is 23.4 Å². The van der Waals surface area contributed by atoms with Crippen LogP contribution in [0.4, 0.5) is 0 Å². The van der Waals surface area contributed by atoms with Crippen molar-refractivity contribution in [3.8, 4) is 0 Å². The van der Waals surface area contributed by atoms with Crippen molar-refractivity contribution in [2.24, 2.45) is 5.92 Å². The van der Waals surface area contributed by atoms with Gasteiger partial charge in [0.05, 0.1) is 5.69 Å². The molecule has 7 nitrogen and oxygen atoms in total. The maximum atomic E-state index is 12.9. The van der Waals surface area contributed by atoms with Crippen molar-refractivity contribution in [3.05, 3.63) is 35.2 Å². The van der Waals surface area contributed by atoms with Gasteiger partial charge in [-0.2, -0.15) is 0 Å². The van der Waals surface area contributed by atoms with Crippen LogP contribution >= 0.6 is 0 Å². The molecule has 2 aromatic heterocycles. The third-order valence-electron chi connectivity index (χ3n) is 5.77. The fraction of sp³-hybridized carbons (Fsp3) is 0.650. The standard InChI is InChI=1S/C20H28N6O/c1-14-10-18(22-15(2)21-14)20(27)25-9-5-6-16(11-25)12-26-13-19(23-24-26)17-7-3-4-8-17/h10,13,16-17H,3-9,11-12H2,1-2H3/t16-/m0/s1. The summed E-state index contributed by atoms with van der Waals surface area (Å²) in [6.07, 6.45) is 9.34. The number of likely N-dealkylation sites (tertiary alicyclic amines) is 1. The Balaban J connectivity index is 1.40. The van der Waals surface area contributed by atoms with Gasteiger partial charge in [0.15, 0.2) is 0 Å². The summed E-state index contributed by atoms with van der Waals surface area (Å²) >= 11 is 0. The summed E-state index contributed by atoms with van der Waals surface area (Å²) in [6, 6.07) is 1.78. The number of amides is 1. The zero-order chi connectivity index (χ0) is 18.8. The van der Waals surface area contributed by atoms with Crippen molar-refractivity contribution < 1.29 is 4.79 Å². The molecule has 1 saturated heterocycles. The van der Waals surface area contributed by atoms with E-state index in [-0.39, 0.29) is 5.91 Å². The van der Waals surface area contributed by atoms with Gasteiger partial charge < -0.3 is 4.90 Å². The zero-order valence-electron chi connectivity index (χ0n) is 16.3. The lowest BCUT2D eigenvalue weighted by atomic mass is 9.97. The van der Waals surface area contributed by atoms with Crippen LogP contribution < -0.4 is 0 Å². The molecule has 1 aliphatic heterocycles. The van der Waals surface area contributed by atoms with Gasteiger partial charge in [0.2, 0.25) is 0 Å². The van der Waals surface area contributed by atoms with Gasteiger partial charge in [0.1, 0.15) is 11.5 Å². The number of rotatable bonds is 4. The van der Waals surface area contributed by atoms with E-state index in [2.05, 4.69) is 26.5 Å². The molecular formula is C20H28N6O. The van der Waals surface area contributed by atoms with E-state index in [1.54, 1.807) is 6.07 Å². The van der Waals surface area contributed by atoms with Crippen molar-refractivity contribution in [1.29, 1.82) is 0 Å². The van der Waals surface area contributed by atoms with Gasteiger partial charge in [-0.25, -0.2) is 9.97 Å². The fourth-order valence-corrected chi connectivity index (χ4v) is 4.46. The first-order valence-corrected chi connectivity index (χ1v) is 10.1. The number of nitrogens with zero attached hydrogens (tertiary/aromatic N) is 6. The molecule has 0 bridgehead atoms. The van der Waals surface area contributed by atoms with Crippen molar-refractivity contribution >= 4 is 5.91 Å². The normalized spacial score (nSPS) is 21.0. The predicted molar refractivity (Wildman–Crippen MR) is 101 cm³/mol. The molecule has 7 heteroatoms. The first-order valence-electron chi connectivity index (χ1n) is 10.1. The highest BCUT2D eigenvalue weighted by molar-refractivity contribution is 5.92. The van der Waals surface area contributed by atoms with Gasteiger partial charge in [-0.1, -0.05) is 18.1 Å². The van der Waals surface area contributed by atoms with Crippen LogP contribution in [0.1, 0.15) is 72.1 Å². The van der Waals surface area contributed by atoms with E-state index in [1.165, 1.54) is 25.7 Å². The SMILES string of the molecule is Cc1cc(C(=O)N2CCC[C@H](Cn3cc(C4CCCC4)nn3)C2)nc(C)n1. The van der Waals surface area contributed by atoms with E-state index in [0.29, 0.717) is 23.4 Å². The third kappa shape index (κ3) is 4.17. The first kappa shape index (κ1) is 18.1. The van der Waals surface area contributed by atoms with Gasteiger partial charge in [-0.3, -0.25) is 9.48 Å². The second kappa shape index (κ2) is 7.74. The Morgan fingerprint density at radius 1 is 1.15 bits per heavy atom. The summed E-state index contributed by atoms with van der Waals surface area (Å²) in [7, 11) is 0. The Bertz CT molecular complexity index is 790. The lowest BCUT2D eigenvalue weighted by Crippen LogP contribution is -2.41. The predicted octanol–water partition coefficient (Wildman–Crippen LogP) is 2.89. The summed E-state index contributed by atoms with van der Waals surface area (Å²) in [5.41, 5.74) is 2.48. The van der Waals surface area contributed by atoms with Crippen molar-refractivity contribution in [2.75, 3.05) is 13.1 Å². The van der Waals surface area contributed by atoms with E-state index in [4.69, 9.17) is 0 Å². The minimum Gasteiger partial charge on any atom is -0.337 e. The van der Waals surface area contributed by atoms with E-state index in [0.717, 1.165) is 43.9 Å². The topological polar surface area (TPSA) is 76.8 Å². The Kier molecular flexibility index (Phi) is 5.18. The number of carbonyl (C=O) groups is 1. The number of hydrogen-bond donors (Lipinski definition) is 0. The molecule has 4 rings (SSSR count). The number of carbonyl (C=O) groups excluding carboxylic acids is 1. The molecule has 3 heterocycles. The quantitative estimate of drug-likeness (QED) is 0.829. The van der Waals surface area contributed by atoms with Gasteiger partial charge in [-0.15, -0.1) is 5.10 Å². The molecular weight excluding hydrogens is 340 g/mol. The summed E-state index contributed by atoms with van der Waals surface area (Å²) in [6.45, 7) is 6.10. The number of aromatic nitrogens is 5. The molecule has 1 atom stereocenters. The van der Waals surface area contributed by atoms with Crippen LogP contribution in [0.5, 0.6) is 0 Å². The molecule has 1 aliphatic carbocycles. The summed E-state index contributed by atoms with van der Waals surface area (Å²) in [5.74, 6) is 1.66. The Morgan fingerprint density at radius 3 is 2.74 bits per heavy atom. The molecule has 0 spiro atoms. The van der Waals surface area contributed by atoms with Gasteiger partial charge in [-0.05, 0) is 51.5 Å². The smallest absolute Gasteiger partial charge is 0.272 e. The summed E-state index contributed by atoms with van der Waals surface area (Å²) in [4.78, 5) is 23.4. The fourth-order valence-electron chi connectivity index (χ4n) is 4.46. The highest BCUT2D eigenvalue weighted by Gasteiger charge is 2.27. The molecule has 0 aromatic carbocycles. The average Bonchev–Trinajstić information content (AvgIpc) is 3.32. The number of aryl methyl sites for hydroxylation is 2. The zero-order valence-corrected chi connectivity index (χ0v) is 16.3. The van der Waals surface area contributed by atoms with E-state index >= 15 is 0 Å². The summed E-state index contributed by atoms with van der Waals surface area (Å²) < 4.78 is 1.98. The van der Waals surface area contributed by atoms with Gasteiger partial charge >= 0.3 is 0 Å². The second-order valence-corrected chi connectivity index (χ2v) is 8.05. The monoisotopic (exact) mass is 368 g/mol. The molecule has 144 valence electrons. The van der Waals surface area contributed by atoms with E-state index < -0.39 is 0 Å². The van der Waals surface area contributed by atoms with Crippen molar-refractivity contribution in [1.82, 2.24) is 29.9 Å². The second-order valence-electron chi connectivity index (χ2n) is 8.05. The molecule has 2 aliphatic rings. The van der Waals surface area contributed by atoms with Crippen LogP contribution in [0.2, 0.25) is 0 Å². The maximum absolute atomic E-state index is 12.9. The molecule has 1 saturated carbocycles. The maximum Gasteiger partial charge on any atom is 0.272 e. The number of hydrogen-bond acceptors (Lipinski definition) is 5. The van der Waals surface area contributed by atoms with Crippen LogP contribution in [-0.2, 0) is 6.54 Å². The largest absolute Gasteiger partial charge is 0.337 e. The van der Waals surface area contributed by atoms with Crippen molar-refractivity contribution in [2.45, 2.75) is 64.8 Å². The lowest BCUT2D eigenvalue weighted by Gasteiger charge is -2.32. The van der Waals surface area contributed by atoms with Gasteiger partial charge in [0.25, 0.3) is 5.91 Å². The number of piperidine rings is 1. The Labute approximate surface area is 160 Å². The Hall–Kier alpha value is -2.31.